The number of ether oxygens (including phenoxy) is 4. The lowest BCUT2D eigenvalue weighted by Crippen LogP contribution is -2.24. The minimum absolute atomic E-state index is 0.0122. The van der Waals surface area contributed by atoms with Gasteiger partial charge in [-0.05, 0) is 49.4 Å². The van der Waals surface area contributed by atoms with E-state index in [0.29, 0.717) is 23.7 Å². The molecule has 152 valence electrons. The van der Waals surface area contributed by atoms with Crippen LogP contribution in [0.2, 0.25) is 0 Å². The summed E-state index contributed by atoms with van der Waals surface area (Å²) >= 11 is 0. The maximum Gasteiger partial charge on any atom is 0.508 e. The van der Waals surface area contributed by atoms with Gasteiger partial charge in [0.2, 0.25) is 0 Å². The van der Waals surface area contributed by atoms with E-state index in [1.54, 1.807) is 0 Å². The third-order valence-corrected chi connectivity index (χ3v) is 6.26. The Morgan fingerprint density at radius 2 is 1.04 bits per heavy atom. The summed E-state index contributed by atoms with van der Waals surface area (Å²) in [6.45, 7) is -0.0898. The van der Waals surface area contributed by atoms with Crippen molar-refractivity contribution >= 4 is 18.1 Å². The molecule has 7 heteroatoms. The molecule has 4 aliphatic carbocycles. The van der Waals surface area contributed by atoms with Gasteiger partial charge in [-0.15, -0.1) is 0 Å². The van der Waals surface area contributed by atoms with E-state index in [9.17, 15) is 14.4 Å². The largest absolute Gasteiger partial charge is 0.508 e. The molecule has 2 fully saturated rings. The van der Waals surface area contributed by atoms with E-state index in [0.717, 1.165) is 25.7 Å². The quantitative estimate of drug-likeness (QED) is 0.272. The van der Waals surface area contributed by atoms with Gasteiger partial charge in [-0.25, -0.2) is 4.79 Å². The number of rotatable bonds is 8. The minimum Gasteiger partial charge on any atom is -0.462 e. The van der Waals surface area contributed by atoms with Gasteiger partial charge in [0.15, 0.2) is 0 Å². The second-order valence-electron chi connectivity index (χ2n) is 8.06. The molecule has 4 rings (SSSR count). The van der Waals surface area contributed by atoms with Crippen LogP contribution in [0.1, 0.15) is 25.7 Å². The second-order valence-corrected chi connectivity index (χ2v) is 8.06. The van der Waals surface area contributed by atoms with Crippen molar-refractivity contribution in [2.75, 3.05) is 26.4 Å². The van der Waals surface area contributed by atoms with Gasteiger partial charge in [0.1, 0.15) is 26.4 Å². The molecule has 0 saturated heterocycles. The fraction of sp³-hybridized carbons (Fsp3) is 0.667. The highest BCUT2D eigenvalue weighted by Crippen LogP contribution is 2.44. The van der Waals surface area contributed by atoms with Gasteiger partial charge in [-0.1, -0.05) is 24.3 Å². The Morgan fingerprint density at radius 1 is 0.607 bits per heavy atom. The zero-order valence-corrected chi connectivity index (χ0v) is 15.8. The lowest BCUT2D eigenvalue weighted by atomic mass is 9.94. The van der Waals surface area contributed by atoms with Crippen molar-refractivity contribution in [1.82, 2.24) is 0 Å². The Hall–Kier alpha value is -2.31. The summed E-state index contributed by atoms with van der Waals surface area (Å²) in [7, 11) is 0. The van der Waals surface area contributed by atoms with Gasteiger partial charge in [0.25, 0.3) is 0 Å². The molecule has 0 radical (unpaired) electrons. The highest BCUT2D eigenvalue weighted by atomic mass is 16.7. The first-order valence-electron chi connectivity index (χ1n) is 10.1. The van der Waals surface area contributed by atoms with Crippen LogP contribution in [0.3, 0.4) is 0 Å². The Labute approximate surface area is 164 Å². The van der Waals surface area contributed by atoms with E-state index in [1.165, 1.54) is 0 Å². The van der Waals surface area contributed by atoms with Crippen molar-refractivity contribution in [2.24, 2.45) is 35.5 Å². The molecule has 2 unspecified atom stereocenters. The topological polar surface area (TPSA) is 88.1 Å². The summed E-state index contributed by atoms with van der Waals surface area (Å²) < 4.78 is 20.1. The molecule has 0 amide bonds. The van der Waals surface area contributed by atoms with Crippen LogP contribution < -0.4 is 0 Å². The lowest BCUT2D eigenvalue weighted by molar-refractivity contribution is -0.150. The maximum atomic E-state index is 12.0. The lowest BCUT2D eigenvalue weighted by Gasteiger charge is -2.17. The molecule has 0 spiro atoms. The van der Waals surface area contributed by atoms with Crippen molar-refractivity contribution in [1.29, 1.82) is 0 Å². The zero-order chi connectivity index (χ0) is 19.5. The van der Waals surface area contributed by atoms with E-state index in [1.807, 2.05) is 0 Å². The van der Waals surface area contributed by atoms with Gasteiger partial charge in [0, 0.05) is 0 Å². The number of hydrogen-bond donors (Lipinski definition) is 0. The van der Waals surface area contributed by atoms with Crippen molar-refractivity contribution < 1.29 is 33.3 Å². The number of esters is 2. The number of fused-ring (bicyclic) bond motifs is 4. The molecule has 4 bridgehead atoms. The first kappa shape index (κ1) is 19.0. The normalized spacial score (nSPS) is 33.9. The van der Waals surface area contributed by atoms with Gasteiger partial charge < -0.3 is 18.9 Å². The average molecular weight is 390 g/mol. The molecule has 0 heterocycles. The Morgan fingerprint density at radius 3 is 1.39 bits per heavy atom. The van der Waals surface area contributed by atoms with Crippen LogP contribution in [0.15, 0.2) is 24.3 Å². The van der Waals surface area contributed by atoms with E-state index < -0.39 is 6.16 Å². The Balaban J connectivity index is 1.02. The minimum atomic E-state index is -0.863. The smallest absolute Gasteiger partial charge is 0.462 e. The molecular weight excluding hydrogens is 364 g/mol. The summed E-state index contributed by atoms with van der Waals surface area (Å²) in [6.07, 6.45) is 11.4. The summed E-state index contributed by atoms with van der Waals surface area (Å²) in [5.74, 6) is 1.01. The highest BCUT2D eigenvalue weighted by molar-refractivity contribution is 5.74. The monoisotopic (exact) mass is 390 g/mol. The molecule has 2 saturated carbocycles. The van der Waals surface area contributed by atoms with Gasteiger partial charge in [-0.2, -0.15) is 0 Å². The third-order valence-electron chi connectivity index (χ3n) is 6.26. The molecule has 0 aromatic rings. The molecule has 7 nitrogen and oxygen atoms in total. The van der Waals surface area contributed by atoms with Gasteiger partial charge >= 0.3 is 18.1 Å². The summed E-state index contributed by atoms with van der Waals surface area (Å²) in [5, 5.41) is 0. The molecule has 0 aliphatic heterocycles. The van der Waals surface area contributed by atoms with Crippen molar-refractivity contribution in [3.05, 3.63) is 24.3 Å². The first-order valence-corrected chi connectivity index (χ1v) is 10.1. The SMILES string of the molecule is O=C(OCCOC(=O)C1C[C@H]2C=C[C@@H]1C2)OCCOC(=O)C1C[C@@H]2C=C[C@H]1C2. The van der Waals surface area contributed by atoms with E-state index in [2.05, 4.69) is 24.3 Å². The van der Waals surface area contributed by atoms with Crippen LogP contribution in [0, 0.1) is 35.5 Å². The van der Waals surface area contributed by atoms with Crippen molar-refractivity contribution in [3.63, 3.8) is 0 Å². The van der Waals surface area contributed by atoms with E-state index in [-0.39, 0.29) is 50.2 Å². The van der Waals surface area contributed by atoms with E-state index >= 15 is 0 Å². The standard InChI is InChI=1S/C21H26O7/c22-19(17-11-13-1-3-15(17)9-13)25-5-7-27-21(24)28-8-6-26-20(23)18-12-14-2-4-16(18)10-14/h1-4,13-18H,5-12H2/t13-,14+,15+,16-,17?,18?. The van der Waals surface area contributed by atoms with Crippen LogP contribution >= 0.6 is 0 Å². The molecule has 28 heavy (non-hydrogen) atoms. The number of carbonyl (C=O) groups excluding carboxylic acids is 3. The predicted octanol–water partition coefficient (Wildman–Crippen LogP) is 2.65. The second kappa shape index (κ2) is 8.37. The molecule has 6 atom stereocenters. The number of hydrogen-bond acceptors (Lipinski definition) is 7. The van der Waals surface area contributed by atoms with Crippen LogP contribution in [-0.4, -0.2) is 44.5 Å². The summed E-state index contributed by atoms with van der Waals surface area (Å²) in [6, 6.07) is 0. The summed E-state index contributed by atoms with van der Waals surface area (Å²) in [4.78, 5) is 35.6. The number of carbonyl (C=O) groups is 3. The predicted molar refractivity (Wildman–Crippen MR) is 96.9 cm³/mol. The third kappa shape index (κ3) is 4.23. The first-order chi connectivity index (χ1) is 13.6. The Bertz CT molecular complexity index is 626. The van der Waals surface area contributed by atoms with Crippen LogP contribution in [-0.2, 0) is 28.5 Å². The summed E-state index contributed by atoms with van der Waals surface area (Å²) in [5.41, 5.74) is 0. The fourth-order valence-electron chi connectivity index (χ4n) is 4.89. The maximum absolute atomic E-state index is 12.0. The van der Waals surface area contributed by atoms with Crippen molar-refractivity contribution in [2.45, 2.75) is 25.7 Å². The van der Waals surface area contributed by atoms with E-state index in [4.69, 9.17) is 18.9 Å². The molecular formula is C21H26O7. The number of allylic oxidation sites excluding steroid dienone is 4. The molecule has 0 N–H and O–H groups in total. The Kier molecular flexibility index (Phi) is 5.69. The van der Waals surface area contributed by atoms with Crippen LogP contribution in [0.25, 0.3) is 0 Å². The van der Waals surface area contributed by atoms with Gasteiger partial charge in [0.05, 0.1) is 11.8 Å². The van der Waals surface area contributed by atoms with Crippen molar-refractivity contribution in [3.8, 4) is 0 Å². The molecule has 0 aromatic heterocycles. The van der Waals surface area contributed by atoms with Gasteiger partial charge in [-0.3, -0.25) is 9.59 Å². The molecule has 0 aromatic carbocycles. The highest BCUT2D eigenvalue weighted by Gasteiger charge is 2.41. The van der Waals surface area contributed by atoms with Crippen LogP contribution in [0.5, 0.6) is 0 Å². The fourth-order valence-corrected chi connectivity index (χ4v) is 4.89. The average Bonchev–Trinajstić information content (AvgIpc) is 3.48. The van der Waals surface area contributed by atoms with Crippen LogP contribution in [0.4, 0.5) is 4.79 Å². The molecule has 4 aliphatic rings. The zero-order valence-electron chi connectivity index (χ0n) is 15.8.